The minimum Gasteiger partial charge on any atom is -0.396 e. The van der Waals surface area contributed by atoms with Crippen LogP contribution in [0.25, 0.3) is 0 Å². The first kappa shape index (κ1) is 28.4. The molecule has 3 fully saturated rings. The van der Waals surface area contributed by atoms with Gasteiger partial charge in [0, 0.05) is 88.2 Å². The van der Waals surface area contributed by atoms with Crippen molar-refractivity contribution in [2.45, 2.75) is 38.0 Å². The molecule has 2 atom stereocenters. The zero-order valence-electron chi connectivity index (χ0n) is 23.6. The highest BCUT2D eigenvalue weighted by molar-refractivity contribution is 6.06. The van der Waals surface area contributed by atoms with Gasteiger partial charge in [-0.25, -0.2) is 8.78 Å². The average molecular weight is 583 g/mol. The molecule has 12 heteroatoms. The molecule has 3 amide bonds. The lowest BCUT2D eigenvalue weighted by Gasteiger charge is -2.40. The van der Waals surface area contributed by atoms with Crippen molar-refractivity contribution in [3.05, 3.63) is 53.1 Å². The van der Waals surface area contributed by atoms with Crippen LogP contribution in [-0.4, -0.2) is 96.4 Å². The van der Waals surface area contributed by atoms with Crippen LogP contribution < -0.4 is 15.5 Å². The molecule has 4 aliphatic heterocycles. The summed E-state index contributed by atoms with van der Waals surface area (Å²) in [6.45, 7) is 5.54. The molecular formula is C30H36F2N6O4. The summed E-state index contributed by atoms with van der Waals surface area (Å²) in [7, 11) is 1.41. The smallest absolute Gasteiger partial charge is 0.257 e. The number of amides is 3. The number of hydrogen-bond acceptors (Lipinski definition) is 8. The van der Waals surface area contributed by atoms with Crippen molar-refractivity contribution in [3.63, 3.8) is 0 Å². The fourth-order valence-corrected chi connectivity index (χ4v) is 6.72. The van der Waals surface area contributed by atoms with E-state index in [1.54, 1.807) is 12.1 Å². The highest BCUT2D eigenvalue weighted by Gasteiger charge is 2.46. The van der Waals surface area contributed by atoms with E-state index in [0.29, 0.717) is 30.1 Å². The maximum absolute atomic E-state index is 14.4. The summed E-state index contributed by atoms with van der Waals surface area (Å²) in [6, 6.07) is 6.82. The second-order valence-electron chi connectivity index (χ2n) is 11.7. The molecule has 0 radical (unpaired) electrons. The topological polar surface area (TPSA) is 114 Å². The Kier molecular flexibility index (Phi) is 7.52. The van der Waals surface area contributed by atoms with Crippen LogP contribution in [0.5, 0.6) is 0 Å². The summed E-state index contributed by atoms with van der Waals surface area (Å²) < 4.78 is 28.3. The molecule has 0 aliphatic carbocycles. The summed E-state index contributed by atoms with van der Waals surface area (Å²) in [5.41, 5.74) is 7.32. The van der Waals surface area contributed by atoms with Crippen molar-refractivity contribution >= 4 is 34.8 Å². The third kappa shape index (κ3) is 5.06. The fraction of sp³-hybridized carbons (Fsp3) is 0.500. The van der Waals surface area contributed by atoms with Crippen molar-refractivity contribution in [2.24, 2.45) is 5.92 Å². The summed E-state index contributed by atoms with van der Waals surface area (Å²) in [6.07, 6.45) is 0.908. The third-order valence-electron chi connectivity index (χ3n) is 9.28. The number of imide groups is 1. The zero-order chi connectivity index (χ0) is 29.7. The summed E-state index contributed by atoms with van der Waals surface area (Å²) in [5, 5.41) is 10.9. The fourth-order valence-electron chi connectivity index (χ4n) is 6.72. The number of halogens is 2. The molecule has 4 heterocycles. The molecule has 0 aromatic heterocycles. The number of nitrogens with zero attached hydrogens (tertiary/aromatic N) is 5. The van der Waals surface area contributed by atoms with Gasteiger partial charge in [-0.3, -0.25) is 29.1 Å². The van der Waals surface area contributed by atoms with Crippen molar-refractivity contribution in [2.75, 3.05) is 68.4 Å². The molecule has 2 aromatic carbocycles. The largest absolute Gasteiger partial charge is 0.396 e. The van der Waals surface area contributed by atoms with E-state index < -0.39 is 35.7 Å². The molecule has 2 aromatic rings. The highest BCUT2D eigenvalue weighted by Crippen LogP contribution is 2.38. The maximum Gasteiger partial charge on any atom is 0.257 e. The van der Waals surface area contributed by atoms with Gasteiger partial charge in [0.1, 0.15) is 17.7 Å². The van der Waals surface area contributed by atoms with Crippen molar-refractivity contribution in [1.82, 2.24) is 14.7 Å². The van der Waals surface area contributed by atoms with Crippen molar-refractivity contribution in [1.29, 1.82) is 0 Å². The number of fused-ring (bicyclic) bond motifs is 1. The summed E-state index contributed by atoms with van der Waals surface area (Å²) in [4.78, 5) is 46.8. The lowest BCUT2D eigenvalue weighted by molar-refractivity contribution is -0.153. The molecule has 224 valence electrons. The van der Waals surface area contributed by atoms with E-state index in [4.69, 9.17) is 5.73 Å². The Bertz CT molecular complexity index is 1410. The molecule has 42 heavy (non-hydrogen) atoms. The number of rotatable bonds is 5. The van der Waals surface area contributed by atoms with Crippen LogP contribution in [0.15, 0.2) is 30.3 Å². The van der Waals surface area contributed by atoms with E-state index in [1.807, 2.05) is 11.0 Å². The maximum atomic E-state index is 14.4. The minimum absolute atomic E-state index is 0.148. The Labute approximate surface area is 243 Å². The Hall–Kier alpha value is -3.77. The van der Waals surface area contributed by atoms with E-state index in [0.717, 1.165) is 62.2 Å². The van der Waals surface area contributed by atoms with E-state index >= 15 is 0 Å². The van der Waals surface area contributed by atoms with Gasteiger partial charge in [0.15, 0.2) is 6.23 Å². The Balaban J connectivity index is 1.03. The van der Waals surface area contributed by atoms with Crippen LogP contribution in [-0.2, 0) is 9.59 Å². The van der Waals surface area contributed by atoms with Gasteiger partial charge in [0.2, 0.25) is 5.91 Å². The van der Waals surface area contributed by atoms with Gasteiger partial charge >= 0.3 is 0 Å². The molecule has 6 rings (SSSR count). The molecule has 4 aliphatic rings. The number of likely N-dealkylation sites (tertiary alicyclic amines) is 1. The number of piperidine rings is 2. The highest BCUT2D eigenvalue weighted by atomic mass is 19.1. The number of aliphatic hydroxyl groups is 1. The molecule has 3 saturated heterocycles. The van der Waals surface area contributed by atoms with Crippen LogP contribution >= 0.6 is 0 Å². The molecular weight excluding hydrogens is 546 g/mol. The quantitative estimate of drug-likeness (QED) is 0.408. The minimum atomic E-state index is -1.23. The van der Waals surface area contributed by atoms with Gasteiger partial charge < -0.3 is 20.6 Å². The molecule has 0 saturated carbocycles. The SMILES string of the molecule is CN1C(=O)CCC(N2C(=O)c3cc(N4CCN(CC5CCN(c6cc(F)c(N)cc6F)CC5)CC4)ccc3C2O)C1=O. The number of anilines is 3. The molecule has 0 spiro atoms. The first-order valence-corrected chi connectivity index (χ1v) is 14.5. The summed E-state index contributed by atoms with van der Waals surface area (Å²) >= 11 is 0. The second-order valence-corrected chi connectivity index (χ2v) is 11.7. The van der Waals surface area contributed by atoms with Crippen molar-refractivity contribution < 1.29 is 28.3 Å². The lowest BCUT2D eigenvalue weighted by Crippen LogP contribution is -2.54. The number of carbonyl (C=O) groups is 3. The van der Waals surface area contributed by atoms with Gasteiger partial charge in [-0.2, -0.15) is 0 Å². The van der Waals surface area contributed by atoms with Gasteiger partial charge in [0.05, 0.1) is 11.4 Å². The van der Waals surface area contributed by atoms with Crippen LogP contribution in [0.4, 0.5) is 25.8 Å². The average Bonchev–Trinajstić information content (AvgIpc) is 3.23. The second kappa shape index (κ2) is 11.1. The molecule has 0 bridgehead atoms. The Morgan fingerprint density at radius 2 is 1.62 bits per heavy atom. The number of nitrogens with two attached hydrogens (primary N) is 1. The standard InChI is InChI=1S/C30H36F2N6O4/c1-34-27(39)5-4-25(30(34)42)38-28(40)20-3-2-19(14-21(20)29(38)41)36-12-10-35(11-13-36)17-18-6-8-37(9-7-18)26-16-22(31)24(33)15-23(26)32/h2-3,14-16,18,25,28,40H,4-13,17,33H2,1H3. The van der Waals surface area contributed by atoms with E-state index in [9.17, 15) is 28.3 Å². The third-order valence-corrected chi connectivity index (χ3v) is 9.28. The lowest BCUT2D eigenvalue weighted by atomic mass is 9.95. The number of aliphatic hydroxyl groups excluding tert-OH is 1. The first-order chi connectivity index (χ1) is 20.1. The van der Waals surface area contributed by atoms with E-state index in [2.05, 4.69) is 9.80 Å². The summed E-state index contributed by atoms with van der Waals surface area (Å²) in [5.74, 6) is -1.78. The molecule has 3 N–H and O–H groups in total. The van der Waals surface area contributed by atoms with Gasteiger partial charge in [-0.05, 0) is 37.3 Å². The molecule has 2 unspecified atom stereocenters. The Morgan fingerprint density at radius 3 is 2.33 bits per heavy atom. The van der Waals surface area contributed by atoms with Crippen LogP contribution in [0.1, 0.15) is 47.8 Å². The van der Waals surface area contributed by atoms with Crippen molar-refractivity contribution in [3.8, 4) is 0 Å². The number of benzene rings is 2. The van der Waals surface area contributed by atoms with E-state index in [1.165, 1.54) is 18.0 Å². The predicted octanol–water partition coefficient (Wildman–Crippen LogP) is 2.18. The van der Waals surface area contributed by atoms with E-state index in [-0.39, 0.29) is 30.1 Å². The van der Waals surface area contributed by atoms with Gasteiger partial charge in [-0.15, -0.1) is 0 Å². The normalized spacial score (nSPS) is 24.1. The number of nitrogen functional groups attached to an aromatic ring is 1. The number of hydrogen-bond donors (Lipinski definition) is 2. The first-order valence-electron chi connectivity index (χ1n) is 14.5. The van der Waals surface area contributed by atoms with Crippen LogP contribution in [0.2, 0.25) is 0 Å². The zero-order valence-corrected chi connectivity index (χ0v) is 23.6. The van der Waals surface area contributed by atoms with Gasteiger partial charge in [-0.1, -0.05) is 6.07 Å². The predicted molar refractivity (Wildman–Crippen MR) is 153 cm³/mol. The van der Waals surface area contributed by atoms with Crippen LogP contribution in [0, 0.1) is 17.6 Å². The molecule has 10 nitrogen and oxygen atoms in total. The number of carbonyl (C=O) groups excluding carboxylic acids is 3. The van der Waals surface area contributed by atoms with Crippen LogP contribution in [0.3, 0.4) is 0 Å². The number of likely N-dealkylation sites (N-methyl/N-ethyl adjacent to an activating group) is 1. The number of piperazine rings is 1. The van der Waals surface area contributed by atoms with Gasteiger partial charge in [0.25, 0.3) is 11.8 Å². The Morgan fingerprint density at radius 1 is 0.905 bits per heavy atom. The monoisotopic (exact) mass is 582 g/mol.